The molecule has 0 spiro atoms. The number of nitriles is 1. The molecule has 1 aromatic rings. The largest absolute Gasteiger partial charge is 0.370 e. The second kappa shape index (κ2) is 4.72. The summed E-state index contributed by atoms with van der Waals surface area (Å²) in [6, 6.07) is 6.57. The van der Waals surface area contributed by atoms with E-state index >= 15 is 0 Å². The molecule has 3 nitrogen and oxygen atoms in total. The zero-order chi connectivity index (χ0) is 12.4. The molecule has 17 heavy (non-hydrogen) atoms. The lowest BCUT2D eigenvalue weighted by molar-refractivity contribution is 0.488. The third kappa shape index (κ3) is 2.40. The maximum absolute atomic E-state index is 13.0. The zero-order valence-corrected chi connectivity index (χ0v) is 9.86. The van der Waals surface area contributed by atoms with Crippen molar-refractivity contribution < 1.29 is 4.39 Å². The predicted molar refractivity (Wildman–Crippen MR) is 65.1 cm³/mol. The van der Waals surface area contributed by atoms with Crippen LogP contribution in [0, 0.1) is 23.1 Å². The summed E-state index contributed by atoms with van der Waals surface area (Å²) in [5.74, 6) is 0.0832. The Bertz CT molecular complexity index is 450. The first-order valence-corrected chi connectivity index (χ1v) is 5.82. The van der Waals surface area contributed by atoms with E-state index in [1.54, 1.807) is 6.07 Å². The molecule has 0 aliphatic carbocycles. The predicted octanol–water partition coefficient (Wildman–Crippen LogP) is 1.87. The Morgan fingerprint density at radius 2 is 2.35 bits per heavy atom. The van der Waals surface area contributed by atoms with Crippen molar-refractivity contribution in [3.8, 4) is 6.07 Å². The fourth-order valence-electron chi connectivity index (χ4n) is 2.31. The molecule has 4 heteroatoms. The van der Waals surface area contributed by atoms with Crippen molar-refractivity contribution >= 4 is 5.69 Å². The first-order chi connectivity index (χ1) is 8.11. The van der Waals surface area contributed by atoms with Crippen molar-refractivity contribution in [1.29, 1.82) is 5.26 Å². The fraction of sp³-hybridized carbons (Fsp3) is 0.462. The van der Waals surface area contributed by atoms with Crippen molar-refractivity contribution in [3.05, 3.63) is 29.6 Å². The molecule has 0 radical (unpaired) electrons. The molecule has 2 unspecified atom stereocenters. The van der Waals surface area contributed by atoms with E-state index in [1.165, 1.54) is 12.1 Å². The molecular weight excluding hydrogens is 217 g/mol. The van der Waals surface area contributed by atoms with Crippen molar-refractivity contribution in [2.45, 2.75) is 19.4 Å². The van der Waals surface area contributed by atoms with Gasteiger partial charge in [-0.05, 0) is 37.5 Å². The smallest absolute Gasteiger partial charge is 0.124 e. The highest BCUT2D eigenvalue weighted by molar-refractivity contribution is 5.60. The molecule has 2 N–H and O–H groups in total. The highest BCUT2D eigenvalue weighted by Crippen LogP contribution is 2.28. The molecule has 0 saturated carbocycles. The quantitative estimate of drug-likeness (QED) is 0.848. The topological polar surface area (TPSA) is 53.0 Å². The van der Waals surface area contributed by atoms with Gasteiger partial charge in [0.25, 0.3) is 0 Å². The van der Waals surface area contributed by atoms with E-state index < -0.39 is 0 Å². The van der Waals surface area contributed by atoms with Crippen LogP contribution in [0.1, 0.15) is 18.9 Å². The van der Waals surface area contributed by atoms with Crippen LogP contribution in [-0.4, -0.2) is 19.1 Å². The van der Waals surface area contributed by atoms with E-state index in [-0.39, 0.29) is 11.9 Å². The van der Waals surface area contributed by atoms with Crippen LogP contribution in [0.15, 0.2) is 18.2 Å². The molecule has 1 aromatic carbocycles. The van der Waals surface area contributed by atoms with E-state index in [2.05, 4.69) is 4.90 Å². The fourth-order valence-corrected chi connectivity index (χ4v) is 2.31. The minimum atomic E-state index is -0.367. The lowest BCUT2D eigenvalue weighted by Crippen LogP contribution is -2.29. The molecule has 1 aliphatic rings. The molecule has 0 aromatic heterocycles. The van der Waals surface area contributed by atoms with Crippen molar-refractivity contribution in [2.24, 2.45) is 11.7 Å². The molecule has 90 valence electrons. The zero-order valence-electron chi connectivity index (χ0n) is 9.86. The lowest BCUT2D eigenvalue weighted by atomic mass is 10.0. The normalized spacial score (nSPS) is 21.3. The Morgan fingerprint density at radius 1 is 1.59 bits per heavy atom. The van der Waals surface area contributed by atoms with Gasteiger partial charge in [-0.15, -0.1) is 0 Å². The van der Waals surface area contributed by atoms with Gasteiger partial charge in [0.15, 0.2) is 0 Å². The Balaban J connectivity index is 2.22. The van der Waals surface area contributed by atoms with Gasteiger partial charge >= 0.3 is 0 Å². The standard InChI is InChI=1S/C13H16FN3/c1-9(16)10-4-5-17(8-10)13-3-2-12(14)6-11(13)7-15/h2-3,6,9-10H,4-5,8,16H2,1H3. The van der Waals surface area contributed by atoms with Crippen LogP contribution in [0.3, 0.4) is 0 Å². The van der Waals surface area contributed by atoms with Gasteiger partial charge in [-0.25, -0.2) is 4.39 Å². The third-order valence-electron chi connectivity index (χ3n) is 3.39. The van der Waals surface area contributed by atoms with Gasteiger partial charge < -0.3 is 10.6 Å². The number of benzene rings is 1. The average Bonchev–Trinajstić information content (AvgIpc) is 2.78. The van der Waals surface area contributed by atoms with Gasteiger partial charge in [0.05, 0.1) is 11.3 Å². The second-order valence-corrected chi connectivity index (χ2v) is 4.63. The number of hydrogen-bond acceptors (Lipinski definition) is 3. The van der Waals surface area contributed by atoms with Crippen LogP contribution < -0.4 is 10.6 Å². The first kappa shape index (κ1) is 11.9. The minimum Gasteiger partial charge on any atom is -0.370 e. The van der Waals surface area contributed by atoms with Crippen LogP contribution in [0.2, 0.25) is 0 Å². The maximum Gasteiger partial charge on any atom is 0.124 e. The summed E-state index contributed by atoms with van der Waals surface area (Å²) in [5.41, 5.74) is 7.10. The molecule has 2 atom stereocenters. The Labute approximate surface area is 101 Å². The molecule has 1 aliphatic heterocycles. The van der Waals surface area contributed by atoms with Crippen LogP contribution >= 0.6 is 0 Å². The molecule has 0 amide bonds. The summed E-state index contributed by atoms with van der Waals surface area (Å²) < 4.78 is 13.0. The highest BCUT2D eigenvalue weighted by atomic mass is 19.1. The summed E-state index contributed by atoms with van der Waals surface area (Å²) in [7, 11) is 0. The highest BCUT2D eigenvalue weighted by Gasteiger charge is 2.26. The van der Waals surface area contributed by atoms with Crippen molar-refractivity contribution in [2.75, 3.05) is 18.0 Å². The molecule has 1 fully saturated rings. The van der Waals surface area contributed by atoms with E-state index in [1.807, 2.05) is 13.0 Å². The molecule has 1 saturated heterocycles. The van der Waals surface area contributed by atoms with Crippen LogP contribution in [0.25, 0.3) is 0 Å². The van der Waals surface area contributed by atoms with E-state index in [9.17, 15) is 4.39 Å². The number of anilines is 1. The van der Waals surface area contributed by atoms with Gasteiger partial charge in [-0.3, -0.25) is 0 Å². The third-order valence-corrected chi connectivity index (χ3v) is 3.39. The first-order valence-electron chi connectivity index (χ1n) is 5.82. The van der Waals surface area contributed by atoms with Gasteiger partial charge in [-0.1, -0.05) is 0 Å². The van der Waals surface area contributed by atoms with Crippen molar-refractivity contribution in [3.63, 3.8) is 0 Å². The summed E-state index contributed by atoms with van der Waals surface area (Å²) >= 11 is 0. The Morgan fingerprint density at radius 3 is 2.94 bits per heavy atom. The Hall–Kier alpha value is -1.60. The second-order valence-electron chi connectivity index (χ2n) is 4.63. The number of nitrogens with two attached hydrogens (primary N) is 1. The molecule has 0 bridgehead atoms. The molecule has 1 heterocycles. The van der Waals surface area contributed by atoms with Crippen LogP contribution in [-0.2, 0) is 0 Å². The summed E-state index contributed by atoms with van der Waals surface area (Å²) in [4.78, 5) is 2.12. The van der Waals surface area contributed by atoms with E-state index in [4.69, 9.17) is 11.0 Å². The summed E-state index contributed by atoms with van der Waals surface area (Å²) in [6.45, 7) is 3.73. The number of nitrogens with zero attached hydrogens (tertiary/aromatic N) is 2. The lowest BCUT2D eigenvalue weighted by Gasteiger charge is -2.21. The average molecular weight is 233 g/mol. The van der Waals surface area contributed by atoms with Crippen LogP contribution in [0.4, 0.5) is 10.1 Å². The van der Waals surface area contributed by atoms with Crippen LogP contribution in [0.5, 0.6) is 0 Å². The van der Waals surface area contributed by atoms with Gasteiger partial charge in [0, 0.05) is 19.1 Å². The van der Waals surface area contributed by atoms with Gasteiger partial charge in [-0.2, -0.15) is 5.26 Å². The van der Waals surface area contributed by atoms with E-state index in [0.717, 1.165) is 25.2 Å². The monoisotopic (exact) mass is 233 g/mol. The number of halogens is 1. The molecular formula is C13H16FN3. The van der Waals surface area contributed by atoms with Gasteiger partial charge in [0.2, 0.25) is 0 Å². The van der Waals surface area contributed by atoms with E-state index in [0.29, 0.717) is 11.5 Å². The SMILES string of the molecule is CC(N)C1CCN(c2ccc(F)cc2C#N)C1. The minimum absolute atomic E-state index is 0.158. The Kier molecular flexibility index (Phi) is 3.30. The van der Waals surface area contributed by atoms with Gasteiger partial charge in [0.1, 0.15) is 11.9 Å². The summed E-state index contributed by atoms with van der Waals surface area (Å²) in [6.07, 6.45) is 1.03. The molecule has 2 rings (SSSR count). The summed E-state index contributed by atoms with van der Waals surface area (Å²) in [5, 5.41) is 9.01. The number of rotatable bonds is 2. The van der Waals surface area contributed by atoms with Crippen molar-refractivity contribution in [1.82, 2.24) is 0 Å². The number of hydrogen-bond donors (Lipinski definition) is 1. The maximum atomic E-state index is 13.0.